The molecule has 1 aromatic carbocycles. The number of carbonyl (C=O) groups is 1. The zero-order chi connectivity index (χ0) is 12.9. The number of benzene rings is 1. The van der Waals surface area contributed by atoms with Crippen LogP contribution in [0.15, 0.2) is 30.3 Å². The Bertz CT molecular complexity index is 358. The first-order valence-corrected chi connectivity index (χ1v) is 5.90. The van der Waals surface area contributed by atoms with E-state index in [1.165, 1.54) is 5.56 Å². The summed E-state index contributed by atoms with van der Waals surface area (Å²) in [6.07, 6.45) is 0. The van der Waals surface area contributed by atoms with Crippen LogP contribution >= 0.6 is 0 Å². The van der Waals surface area contributed by atoms with Crippen molar-refractivity contribution in [2.24, 2.45) is 0 Å². The van der Waals surface area contributed by atoms with Crippen molar-refractivity contribution in [3.05, 3.63) is 35.9 Å². The lowest BCUT2D eigenvalue weighted by Gasteiger charge is -2.26. The summed E-state index contributed by atoms with van der Waals surface area (Å²) < 4.78 is 0. The number of amides is 1. The topological polar surface area (TPSA) is 32.3 Å². The first-order valence-electron chi connectivity index (χ1n) is 5.90. The second-order valence-electron chi connectivity index (χ2n) is 5.14. The van der Waals surface area contributed by atoms with Gasteiger partial charge in [0.15, 0.2) is 0 Å². The molecular weight excluding hydrogens is 212 g/mol. The molecule has 17 heavy (non-hydrogen) atoms. The maximum Gasteiger partial charge on any atom is 0.236 e. The van der Waals surface area contributed by atoms with Gasteiger partial charge in [0, 0.05) is 26.1 Å². The third-order valence-electron chi connectivity index (χ3n) is 2.90. The van der Waals surface area contributed by atoms with Crippen molar-refractivity contribution in [3.63, 3.8) is 0 Å². The minimum Gasteiger partial charge on any atom is -0.348 e. The van der Waals surface area contributed by atoms with Crippen LogP contribution < -0.4 is 5.32 Å². The Morgan fingerprint density at radius 2 is 1.82 bits per heavy atom. The van der Waals surface area contributed by atoms with Crippen molar-refractivity contribution in [2.75, 3.05) is 27.2 Å². The van der Waals surface area contributed by atoms with E-state index in [2.05, 4.69) is 31.3 Å². The summed E-state index contributed by atoms with van der Waals surface area (Å²) in [5.41, 5.74) is 1.32. The average Bonchev–Trinajstić information content (AvgIpc) is 2.29. The molecule has 0 fully saturated rings. The number of rotatable bonds is 5. The molecular formula is C14H22N2O. The highest BCUT2D eigenvalue weighted by Gasteiger charge is 2.20. The Morgan fingerprint density at radius 3 is 2.35 bits per heavy atom. The minimum atomic E-state index is 0.0356. The molecule has 0 radical (unpaired) electrons. The molecule has 3 nitrogen and oxygen atoms in total. The molecule has 0 saturated carbocycles. The number of likely N-dealkylation sites (N-methyl/N-ethyl adjacent to an activating group) is 1. The van der Waals surface area contributed by atoms with Gasteiger partial charge >= 0.3 is 0 Å². The van der Waals surface area contributed by atoms with Gasteiger partial charge in [-0.25, -0.2) is 0 Å². The fourth-order valence-electron chi connectivity index (χ4n) is 1.63. The normalized spacial score (nSPS) is 11.3. The van der Waals surface area contributed by atoms with Gasteiger partial charge in [-0.05, 0) is 5.56 Å². The lowest BCUT2D eigenvalue weighted by molar-refractivity contribution is -0.127. The zero-order valence-electron chi connectivity index (χ0n) is 11.2. The highest BCUT2D eigenvalue weighted by Crippen LogP contribution is 2.21. The van der Waals surface area contributed by atoms with Crippen molar-refractivity contribution in [3.8, 4) is 0 Å². The fourth-order valence-corrected chi connectivity index (χ4v) is 1.63. The molecule has 1 aromatic rings. The van der Waals surface area contributed by atoms with Crippen molar-refractivity contribution in [1.29, 1.82) is 0 Å². The molecule has 3 heteroatoms. The number of nitrogens with one attached hydrogen (secondary N) is 1. The molecule has 0 aliphatic carbocycles. The van der Waals surface area contributed by atoms with E-state index in [0.717, 1.165) is 6.54 Å². The third kappa shape index (κ3) is 4.19. The molecule has 1 N–H and O–H groups in total. The monoisotopic (exact) mass is 234 g/mol. The summed E-state index contributed by atoms with van der Waals surface area (Å²) in [7, 11) is 3.54. The number of carbonyl (C=O) groups excluding carboxylic acids is 1. The predicted octanol–water partition coefficient (Wildman–Crippen LogP) is 1.64. The van der Waals surface area contributed by atoms with E-state index in [-0.39, 0.29) is 11.3 Å². The maximum absolute atomic E-state index is 11.4. The van der Waals surface area contributed by atoms with Crippen LogP contribution in [0.25, 0.3) is 0 Å². The van der Waals surface area contributed by atoms with Crippen molar-refractivity contribution < 1.29 is 4.79 Å². The summed E-state index contributed by atoms with van der Waals surface area (Å²) in [5.74, 6) is 0.105. The Balaban J connectivity index is 2.48. The molecule has 0 aromatic heterocycles. The standard InChI is InChI=1S/C14H22N2O/c1-14(2,12-8-6-5-7-9-12)11-15-10-13(17)16(3)4/h5-9,15H,10-11H2,1-4H3. The van der Waals surface area contributed by atoms with Gasteiger partial charge in [-0.2, -0.15) is 0 Å². The van der Waals surface area contributed by atoms with Crippen molar-refractivity contribution >= 4 is 5.91 Å². The van der Waals surface area contributed by atoms with Crippen LogP contribution in [0.4, 0.5) is 0 Å². The molecule has 1 rings (SSSR count). The van der Waals surface area contributed by atoms with Gasteiger partial charge in [0.25, 0.3) is 0 Å². The van der Waals surface area contributed by atoms with Gasteiger partial charge in [-0.15, -0.1) is 0 Å². The van der Waals surface area contributed by atoms with Crippen LogP contribution in [0.3, 0.4) is 0 Å². The quantitative estimate of drug-likeness (QED) is 0.840. The molecule has 0 saturated heterocycles. The van der Waals surface area contributed by atoms with Gasteiger partial charge in [0.1, 0.15) is 0 Å². The Labute approximate surface area is 104 Å². The second-order valence-corrected chi connectivity index (χ2v) is 5.14. The molecule has 1 amide bonds. The van der Waals surface area contributed by atoms with Gasteiger partial charge in [0.05, 0.1) is 6.54 Å². The lowest BCUT2D eigenvalue weighted by atomic mass is 9.84. The highest BCUT2D eigenvalue weighted by molar-refractivity contribution is 5.77. The van der Waals surface area contributed by atoms with E-state index in [1.807, 2.05) is 18.2 Å². The summed E-state index contributed by atoms with van der Waals surface area (Å²) in [6, 6.07) is 10.3. The molecule has 0 spiro atoms. The summed E-state index contributed by atoms with van der Waals surface area (Å²) in [5, 5.41) is 3.21. The number of hydrogen-bond donors (Lipinski definition) is 1. The van der Waals surface area contributed by atoms with E-state index in [4.69, 9.17) is 0 Å². The Kier molecular flexibility index (Phi) is 4.70. The lowest BCUT2D eigenvalue weighted by Crippen LogP contribution is -2.39. The van der Waals surface area contributed by atoms with Gasteiger partial charge < -0.3 is 10.2 Å². The van der Waals surface area contributed by atoms with Crippen LogP contribution in [0.5, 0.6) is 0 Å². The predicted molar refractivity (Wildman–Crippen MR) is 71.0 cm³/mol. The van der Waals surface area contributed by atoms with Crippen LogP contribution in [0, 0.1) is 0 Å². The molecule has 94 valence electrons. The number of hydrogen-bond acceptors (Lipinski definition) is 2. The van der Waals surface area contributed by atoms with E-state index >= 15 is 0 Å². The molecule has 0 aliphatic heterocycles. The fraction of sp³-hybridized carbons (Fsp3) is 0.500. The highest BCUT2D eigenvalue weighted by atomic mass is 16.2. The smallest absolute Gasteiger partial charge is 0.236 e. The first kappa shape index (κ1) is 13.7. The SMILES string of the molecule is CN(C)C(=O)CNCC(C)(C)c1ccccc1. The first-order chi connectivity index (χ1) is 7.93. The third-order valence-corrected chi connectivity index (χ3v) is 2.90. The van der Waals surface area contributed by atoms with E-state index in [1.54, 1.807) is 19.0 Å². The summed E-state index contributed by atoms with van der Waals surface area (Å²) >= 11 is 0. The Hall–Kier alpha value is -1.35. The van der Waals surface area contributed by atoms with Gasteiger partial charge in [0.2, 0.25) is 5.91 Å². The molecule has 0 aliphatic rings. The maximum atomic E-state index is 11.4. The molecule has 0 unspecified atom stereocenters. The summed E-state index contributed by atoms with van der Waals surface area (Å²) in [6.45, 7) is 5.53. The summed E-state index contributed by atoms with van der Waals surface area (Å²) in [4.78, 5) is 13.0. The number of nitrogens with zero attached hydrogens (tertiary/aromatic N) is 1. The average molecular weight is 234 g/mol. The van der Waals surface area contributed by atoms with Gasteiger partial charge in [-0.1, -0.05) is 44.2 Å². The molecule has 0 heterocycles. The molecule has 0 atom stereocenters. The molecule has 0 bridgehead atoms. The van der Waals surface area contributed by atoms with Crippen LogP contribution in [-0.4, -0.2) is 38.0 Å². The van der Waals surface area contributed by atoms with Crippen LogP contribution in [-0.2, 0) is 10.2 Å². The van der Waals surface area contributed by atoms with E-state index < -0.39 is 0 Å². The largest absolute Gasteiger partial charge is 0.348 e. The van der Waals surface area contributed by atoms with Gasteiger partial charge in [-0.3, -0.25) is 4.79 Å². The van der Waals surface area contributed by atoms with Crippen LogP contribution in [0.2, 0.25) is 0 Å². The Morgan fingerprint density at radius 1 is 1.24 bits per heavy atom. The minimum absolute atomic E-state index is 0.0356. The second kappa shape index (κ2) is 5.82. The van der Waals surface area contributed by atoms with Crippen molar-refractivity contribution in [2.45, 2.75) is 19.3 Å². The van der Waals surface area contributed by atoms with Crippen molar-refractivity contribution in [1.82, 2.24) is 10.2 Å². The van der Waals surface area contributed by atoms with E-state index in [0.29, 0.717) is 6.54 Å². The zero-order valence-corrected chi connectivity index (χ0v) is 11.2. The van der Waals surface area contributed by atoms with Crippen LogP contribution in [0.1, 0.15) is 19.4 Å². The van der Waals surface area contributed by atoms with E-state index in [9.17, 15) is 4.79 Å².